The van der Waals surface area contributed by atoms with Gasteiger partial charge in [-0.2, -0.15) is 17.6 Å². The first-order chi connectivity index (χ1) is 21.5. The highest BCUT2D eigenvalue weighted by Gasteiger charge is 2.68. The number of nitrogens with one attached hydrogen (secondary N) is 1. The van der Waals surface area contributed by atoms with Crippen LogP contribution in [0.3, 0.4) is 0 Å². The summed E-state index contributed by atoms with van der Waals surface area (Å²) in [6, 6.07) is 42.4. The number of benzene rings is 4. The highest BCUT2D eigenvalue weighted by molar-refractivity contribution is 7.97. The Kier molecular flexibility index (Phi) is 10.1. The molecule has 2 aliphatic rings. The Hall–Kier alpha value is -3.60. The van der Waals surface area contributed by atoms with Gasteiger partial charge in [-0.3, -0.25) is 0 Å². The third-order valence-electron chi connectivity index (χ3n) is 8.31. The van der Waals surface area contributed by atoms with E-state index in [1.165, 1.54) is 25.6 Å². The molecular weight excluding hydrogens is 623 g/mol. The number of para-hydroxylation sites is 1. The van der Waals surface area contributed by atoms with Crippen molar-refractivity contribution in [1.82, 2.24) is 4.98 Å². The van der Waals surface area contributed by atoms with Gasteiger partial charge in [0.15, 0.2) is 24.8 Å². The van der Waals surface area contributed by atoms with E-state index in [2.05, 4.69) is 114 Å². The lowest BCUT2D eigenvalue weighted by atomic mass is 9.84. The van der Waals surface area contributed by atoms with Crippen molar-refractivity contribution in [3.05, 3.63) is 128 Å². The predicted molar refractivity (Wildman–Crippen MR) is 168 cm³/mol. The van der Waals surface area contributed by atoms with Crippen LogP contribution in [0.25, 0.3) is 10.9 Å². The molecule has 0 saturated heterocycles. The molecule has 7 rings (SSSR count). The maximum Gasteiger partial charge on any atom is 0.396 e. The van der Waals surface area contributed by atoms with Crippen molar-refractivity contribution in [3.8, 4) is 0 Å². The molecule has 0 amide bonds. The van der Waals surface area contributed by atoms with Crippen molar-refractivity contribution >= 4 is 31.9 Å². The zero-order valence-corrected chi connectivity index (χ0v) is 25.9. The van der Waals surface area contributed by atoms with E-state index in [4.69, 9.17) is 0 Å². The molecular formula is C35H33F4NO3S2. The first-order valence-corrected chi connectivity index (χ1v) is 17.2. The predicted octanol–water partition coefficient (Wildman–Crippen LogP) is 9.15. The Labute approximate surface area is 263 Å². The second-order valence-electron chi connectivity index (χ2n) is 11.2. The molecule has 10 heteroatoms. The van der Waals surface area contributed by atoms with E-state index in [9.17, 15) is 30.5 Å². The fraction of sp³-hybridized carbons (Fsp3) is 0.257. The minimum Gasteiger partial charge on any atom is -0.743 e. The highest BCUT2D eigenvalue weighted by Crippen LogP contribution is 2.58. The van der Waals surface area contributed by atoms with Gasteiger partial charge in [0.1, 0.15) is 0 Å². The number of aromatic amines is 1. The number of rotatable bonds is 6. The lowest BCUT2D eigenvalue weighted by Crippen LogP contribution is -2.52. The fourth-order valence-electron chi connectivity index (χ4n) is 6.14. The Bertz CT molecular complexity index is 1640. The van der Waals surface area contributed by atoms with Gasteiger partial charge in [-0.1, -0.05) is 79.2 Å². The Morgan fingerprint density at radius 2 is 1.16 bits per heavy atom. The molecule has 236 valence electrons. The lowest BCUT2D eigenvalue weighted by Gasteiger charge is -2.36. The zero-order chi connectivity index (χ0) is 32.1. The number of hydrogen-bond acceptors (Lipinski definition) is 3. The van der Waals surface area contributed by atoms with Crippen LogP contribution < -0.4 is 0 Å². The molecule has 3 atom stereocenters. The molecule has 0 spiro atoms. The van der Waals surface area contributed by atoms with E-state index >= 15 is 0 Å². The maximum atomic E-state index is 13.5. The van der Waals surface area contributed by atoms with Crippen LogP contribution in [0.5, 0.6) is 0 Å². The van der Waals surface area contributed by atoms with Crippen LogP contribution in [0.2, 0.25) is 0 Å². The Morgan fingerprint density at radius 1 is 0.667 bits per heavy atom. The van der Waals surface area contributed by atoms with Crippen molar-refractivity contribution in [1.29, 1.82) is 0 Å². The van der Waals surface area contributed by atoms with Crippen LogP contribution in [0, 0.1) is 17.8 Å². The van der Waals surface area contributed by atoms with Crippen LogP contribution >= 0.6 is 0 Å². The van der Waals surface area contributed by atoms with Crippen LogP contribution in [-0.2, 0) is 21.0 Å². The Morgan fingerprint density at radius 3 is 1.58 bits per heavy atom. The number of aromatic nitrogens is 1. The first-order valence-electron chi connectivity index (χ1n) is 14.6. The van der Waals surface area contributed by atoms with Crippen molar-refractivity contribution in [2.75, 3.05) is 0 Å². The summed E-state index contributed by atoms with van der Waals surface area (Å²) in [5.41, 5.74) is 1.21. The van der Waals surface area contributed by atoms with Gasteiger partial charge in [0, 0.05) is 17.6 Å². The van der Waals surface area contributed by atoms with Gasteiger partial charge in [0.05, 0.1) is 10.9 Å². The maximum absolute atomic E-state index is 13.5. The number of H-pyrrole nitrogens is 1. The highest BCUT2D eigenvalue weighted by atomic mass is 32.2. The van der Waals surface area contributed by atoms with E-state index in [1.54, 1.807) is 0 Å². The topological polar surface area (TPSA) is 73.0 Å². The van der Waals surface area contributed by atoms with Crippen LogP contribution in [-0.4, -0.2) is 29.1 Å². The summed E-state index contributed by atoms with van der Waals surface area (Å²) in [6.07, 6.45) is 3.37. The molecule has 1 N–H and O–H groups in total. The summed E-state index contributed by atoms with van der Waals surface area (Å²) >= 11 is 0. The summed E-state index contributed by atoms with van der Waals surface area (Å²) in [5.74, 6) is -7.10. The number of fused-ring (bicyclic) bond motifs is 3. The van der Waals surface area contributed by atoms with Gasteiger partial charge >= 0.3 is 11.2 Å². The summed E-state index contributed by atoms with van der Waals surface area (Å²) < 4.78 is 84.0. The molecule has 2 saturated carbocycles. The van der Waals surface area contributed by atoms with E-state index in [-0.39, 0.29) is 23.2 Å². The second-order valence-corrected chi connectivity index (χ2v) is 14.6. The number of alkyl halides is 4. The molecule has 5 aromatic rings. The molecule has 2 aliphatic carbocycles. The van der Waals surface area contributed by atoms with E-state index < -0.39 is 33.1 Å². The largest absolute Gasteiger partial charge is 0.743 e. The molecule has 1 heterocycles. The van der Waals surface area contributed by atoms with Gasteiger partial charge in [0.2, 0.25) is 0 Å². The van der Waals surface area contributed by atoms with Crippen LogP contribution in [0.1, 0.15) is 25.7 Å². The summed E-state index contributed by atoms with van der Waals surface area (Å²) in [6.45, 7) is 0. The number of hydrogen-bond donors (Lipinski definition) is 1. The average molecular weight is 656 g/mol. The molecule has 4 nitrogen and oxygen atoms in total. The molecule has 2 fully saturated rings. The number of halogens is 4. The Balaban J connectivity index is 0.000000141. The van der Waals surface area contributed by atoms with Gasteiger partial charge in [-0.15, -0.1) is 0 Å². The van der Waals surface area contributed by atoms with Crippen molar-refractivity contribution in [3.63, 3.8) is 0 Å². The molecule has 45 heavy (non-hydrogen) atoms. The lowest BCUT2D eigenvalue weighted by molar-refractivity contribution is -0.202. The van der Waals surface area contributed by atoms with Crippen molar-refractivity contribution < 1.29 is 30.5 Å². The summed E-state index contributed by atoms with van der Waals surface area (Å²) in [5, 5.41) is -4.24. The molecule has 0 radical (unpaired) electrons. The van der Waals surface area contributed by atoms with Crippen molar-refractivity contribution in [2.45, 2.75) is 51.5 Å². The third kappa shape index (κ3) is 7.29. The quantitative estimate of drug-likeness (QED) is 0.113. The normalized spacial score (nSPS) is 19.5. The van der Waals surface area contributed by atoms with Gasteiger partial charge in [0.25, 0.3) is 0 Å². The SMILES string of the molecule is O=S(=O)([O-])C(F)(F)C(F)(F)C1CC2CCC1C2.c1ccc([S+](c2ccccc2)c2ccccc2)cc1.c1ccc2[nH]ccc2c1. The van der Waals surface area contributed by atoms with Gasteiger partial charge in [-0.05, 0) is 85.0 Å². The van der Waals surface area contributed by atoms with Gasteiger partial charge in [-0.25, -0.2) is 8.42 Å². The minimum absolute atomic E-state index is 0.0146. The fourth-order valence-corrected chi connectivity index (χ4v) is 8.73. The molecule has 1 aromatic heterocycles. The molecule has 4 aromatic carbocycles. The van der Waals surface area contributed by atoms with E-state index in [0.717, 1.165) is 0 Å². The average Bonchev–Trinajstić information content (AvgIpc) is 3.81. The zero-order valence-electron chi connectivity index (χ0n) is 24.2. The van der Waals surface area contributed by atoms with Crippen LogP contribution in [0.15, 0.2) is 142 Å². The molecule has 0 aliphatic heterocycles. The summed E-state index contributed by atoms with van der Waals surface area (Å²) in [4.78, 5) is 7.20. The smallest absolute Gasteiger partial charge is 0.396 e. The monoisotopic (exact) mass is 655 g/mol. The van der Waals surface area contributed by atoms with E-state index in [1.807, 2.05) is 18.3 Å². The minimum atomic E-state index is -6.35. The van der Waals surface area contributed by atoms with Gasteiger partial charge < -0.3 is 9.54 Å². The second kappa shape index (κ2) is 13.8. The van der Waals surface area contributed by atoms with E-state index in [0.29, 0.717) is 19.3 Å². The first kappa shape index (κ1) is 32.8. The molecule has 3 unspecified atom stereocenters. The third-order valence-corrected chi connectivity index (χ3v) is 11.4. The standard InChI is InChI=1S/C18H15S.C9H12F4O3S.C8H7N/c1-4-10-16(11-5-1)19(17-12-6-2-7-13-17)18-14-8-3-9-15-18;10-8(11,9(12,13)17(14,15)16)7-4-5-1-2-6(7)3-5;1-2-4-8-7(3-1)5-6-9-8/h1-15H;5-7H,1-4H2,(H,14,15,16);1-6,9H/q+1;;/p-1. The van der Waals surface area contributed by atoms with Crippen LogP contribution in [0.4, 0.5) is 17.6 Å². The molecule has 2 bridgehead atoms. The van der Waals surface area contributed by atoms with Crippen molar-refractivity contribution in [2.24, 2.45) is 17.8 Å². The summed E-state index contributed by atoms with van der Waals surface area (Å²) in [7, 11) is -6.36.